The van der Waals surface area contributed by atoms with E-state index in [0.717, 1.165) is 5.56 Å². The number of benzene rings is 1. The number of anilines is 2. The number of nitro benzene ring substituents is 1. The zero-order valence-electron chi connectivity index (χ0n) is 10.5. The van der Waals surface area contributed by atoms with Gasteiger partial charge in [0.2, 0.25) is 0 Å². The number of para-hydroxylation sites is 1. The van der Waals surface area contributed by atoms with E-state index in [4.69, 9.17) is 5.11 Å². The number of carboxylic acids is 1. The van der Waals surface area contributed by atoms with Gasteiger partial charge in [0.1, 0.15) is 11.3 Å². The maximum absolute atomic E-state index is 11.1. The first kappa shape index (κ1) is 13.5. The molecule has 1 aromatic carbocycles. The van der Waals surface area contributed by atoms with Crippen LogP contribution in [-0.2, 0) is 0 Å². The molecule has 0 aliphatic heterocycles. The number of aryl methyl sites for hydroxylation is 1. The Balaban J connectivity index is 2.49. The van der Waals surface area contributed by atoms with Crippen molar-refractivity contribution >= 4 is 23.0 Å². The molecule has 7 nitrogen and oxygen atoms in total. The minimum Gasteiger partial charge on any atom is -0.477 e. The normalized spacial score (nSPS) is 10.1. The Morgan fingerprint density at radius 3 is 2.75 bits per heavy atom. The molecule has 0 spiro atoms. The molecule has 2 rings (SSSR count). The highest BCUT2D eigenvalue weighted by atomic mass is 16.6. The van der Waals surface area contributed by atoms with Crippen molar-refractivity contribution in [1.29, 1.82) is 0 Å². The molecule has 0 aliphatic carbocycles. The Hall–Kier alpha value is -2.96. The van der Waals surface area contributed by atoms with Crippen LogP contribution in [0.1, 0.15) is 15.9 Å². The minimum atomic E-state index is -1.34. The van der Waals surface area contributed by atoms with Gasteiger partial charge in [-0.05, 0) is 30.7 Å². The predicted molar refractivity (Wildman–Crippen MR) is 72.3 cm³/mol. The number of rotatable bonds is 4. The second kappa shape index (κ2) is 5.35. The number of aromatic carboxylic acids is 1. The molecule has 7 heteroatoms. The van der Waals surface area contributed by atoms with Crippen LogP contribution < -0.4 is 5.32 Å². The number of nitro groups is 1. The molecule has 2 N–H and O–H groups in total. The molecule has 1 aromatic heterocycles. The van der Waals surface area contributed by atoms with Crippen molar-refractivity contribution < 1.29 is 14.8 Å². The number of hydrogen-bond donors (Lipinski definition) is 2. The summed E-state index contributed by atoms with van der Waals surface area (Å²) < 4.78 is 0. The average Bonchev–Trinajstić information content (AvgIpc) is 2.38. The van der Waals surface area contributed by atoms with E-state index in [1.165, 1.54) is 24.4 Å². The number of nitrogens with one attached hydrogen (secondary N) is 1. The number of carboxylic acid groups (broad SMARTS) is 1. The monoisotopic (exact) mass is 273 g/mol. The Kier molecular flexibility index (Phi) is 3.60. The topological polar surface area (TPSA) is 105 Å². The van der Waals surface area contributed by atoms with Crippen molar-refractivity contribution in [2.75, 3.05) is 5.32 Å². The van der Waals surface area contributed by atoms with Gasteiger partial charge < -0.3 is 10.4 Å². The number of aromatic nitrogens is 1. The summed E-state index contributed by atoms with van der Waals surface area (Å²) in [5.41, 5.74) is 0.715. The van der Waals surface area contributed by atoms with Gasteiger partial charge in [0.15, 0.2) is 0 Å². The highest BCUT2D eigenvalue weighted by molar-refractivity contribution is 5.96. The highest BCUT2D eigenvalue weighted by Gasteiger charge is 2.24. The molecule has 0 saturated heterocycles. The molecule has 0 saturated carbocycles. The molecule has 20 heavy (non-hydrogen) atoms. The first-order valence-electron chi connectivity index (χ1n) is 5.68. The summed E-state index contributed by atoms with van der Waals surface area (Å²) in [6.45, 7) is 1.83. The molecule has 0 radical (unpaired) electrons. The summed E-state index contributed by atoms with van der Waals surface area (Å²) >= 11 is 0. The van der Waals surface area contributed by atoms with Crippen LogP contribution in [0.15, 0.2) is 36.7 Å². The van der Waals surface area contributed by atoms with Crippen LogP contribution in [0.3, 0.4) is 0 Å². The van der Waals surface area contributed by atoms with Crippen molar-refractivity contribution in [2.45, 2.75) is 6.92 Å². The largest absolute Gasteiger partial charge is 0.477 e. The first-order valence-corrected chi connectivity index (χ1v) is 5.68. The van der Waals surface area contributed by atoms with E-state index >= 15 is 0 Å². The van der Waals surface area contributed by atoms with Crippen LogP contribution in [0.5, 0.6) is 0 Å². The fourth-order valence-corrected chi connectivity index (χ4v) is 1.79. The van der Waals surface area contributed by atoms with Crippen LogP contribution in [0.25, 0.3) is 0 Å². The van der Waals surface area contributed by atoms with Gasteiger partial charge in [-0.15, -0.1) is 0 Å². The van der Waals surface area contributed by atoms with Crippen molar-refractivity contribution in [1.82, 2.24) is 4.98 Å². The van der Waals surface area contributed by atoms with E-state index < -0.39 is 16.6 Å². The summed E-state index contributed by atoms with van der Waals surface area (Å²) in [5, 5.41) is 22.9. The molecule has 0 bridgehead atoms. The zero-order chi connectivity index (χ0) is 14.7. The van der Waals surface area contributed by atoms with Gasteiger partial charge in [-0.3, -0.25) is 15.1 Å². The Labute approximate surface area is 114 Å². The standard InChI is InChI=1S/C13H11N3O4/c1-8-5-9(7-14-6-8)15-11-4-2-3-10(13(17)18)12(11)16(19)20/h2-7,15H,1H3,(H,17,18). The molecule has 102 valence electrons. The zero-order valence-corrected chi connectivity index (χ0v) is 10.5. The maximum atomic E-state index is 11.1. The molecule has 0 fully saturated rings. The minimum absolute atomic E-state index is 0.113. The van der Waals surface area contributed by atoms with Gasteiger partial charge in [-0.1, -0.05) is 6.07 Å². The van der Waals surface area contributed by atoms with E-state index in [1.54, 1.807) is 12.3 Å². The predicted octanol–water partition coefficient (Wildman–Crippen LogP) is 2.74. The summed E-state index contributed by atoms with van der Waals surface area (Å²) in [6.07, 6.45) is 3.15. The third-order valence-electron chi connectivity index (χ3n) is 2.60. The Morgan fingerprint density at radius 2 is 2.15 bits per heavy atom. The molecule has 0 atom stereocenters. The molecule has 0 amide bonds. The van der Waals surface area contributed by atoms with Gasteiger partial charge in [0, 0.05) is 6.20 Å². The van der Waals surface area contributed by atoms with Gasteiger partial charge in [-0.2, -0.15) is 0 Å². The van der Waals surface area contributed by atoms with Crippen LogP contribution in [0.2, 0.25) is 0 Å². The molecule has 1 heterocycles. The van der Waals surface area contributed by atoms with E-state index in [0.29, 0.717) is 5.69 Å². The summed E-state index contributed by atoms with van der Waals surface area (Å²) in [4.78, 5) is 25.4. The summed E-state index contributed by atoms with van der Waals surface area (Å²) in [5.74, 6) is -1.34. The Bertz CT molecular complexity index is 685. The van der Waals surface area contributed by atoms with Crippen molar-refractivity contribution in [2.24, 2.45) is 0 Å². The van der Waals surface area contributed by atoms with Gasteiger partial charge in [0.05, 0.1) is 16.8 Å². The fourth-order valence-electron chi connectivity index (χ4n) is 1.79. The number of nitrogens with zero attached hydrogens (tertiary/aromatic N) is 2. The molecular weight excluding hydrogens is 262 g/mol. The number of pyridine rings is 1. The van der Waals surface area contributed by atoms with Crippen LogP contribution in [0.4, 0.5) is 17.1 Å². The lowest BCUT2D eigenvalue weighted by molar-refractivity contribution is -0.384. The van der Waals surface area contributed by atoms with Crippen LogP contribution >= 0.6 is 0 Å². The van der Waals surface area contributed by atoms with Gasteiger partial charge >= 0.3 is 11.7 Å². The van der Waals surface area contributed by atoms with Crippen molar-refractivity contribution in [3.8, 4) is 0 Å². The second-order valence-corrected chi connectivity index (χ2v) is 4.14. The fraction of sp³-hybridized carbons (Fsp3) is 0.0769. The lowest BCUT2D eigenvalue weighted by Crippen LogP contribution is -2.05. The molecule has 0 aliphatic rings. The quantitative estimate of drug-likeness (QED) is 0.655. The lowest BCUT2D eigenvalue weighted by atomic mass is 10.1. The van der Waals surface area contributed by atoms with Crippen molar-refractivity contribution in [3.05, 3.63) is 57.9 Å². The molecule has 0 unspecified atom stereocenters. The third-order valence-corrected chi connectivity index (χ3v) is 2.60. The Morgan fingerprint density at radius 1 is 1.40 bits per heavy atom. The van der Waals surface area contributed by atoms with E-state index in [2.05, 4.69) is 10.3 Å². The van der Waals surface area contributed by atoms with Crippen LogP contribution in [-0.4, -0.2) is 21.0 Å². The maximum Gasteiger partial charge on any atom is 0.342 e. The summed E-state index contributed by atoms with van der Waals surface area (Å²) in [7, 11) is 0. The highest BCUT2D eigenvalue weighted by Crippen LogP contribution is 2.31. The van der Waals surface area contributed by atoms with E-state index in [1.807, 2.05) is 6.92 Å². The second-order valence-electron chi connectivity index (χ2n) is 4.14. The lowest BCUT2D eigenvalue weighted by Gasteiger charge is -2.08. The van der Waals surface area contributed by atoms with Crippen LogP contribution in [0, 0.1) is 17.0 Å². The average molecular weight is 273 g/mol. The van der Waals surface area contributed by atoms with Gasteiger partial charge in [0.25, 0.3) is 0 Å². The van der Waals surface area contributed by atoms with Gasteiger partial charge in [-0.25, -0.2) is 4.79 Å². The molecule has 2 aromatic rings. The van der Waals surface area contributed by atoms with E-state index in [9.17, 15) is 14.9 Å². The number of carbonyl (C=O) groups is 1. The number of hydrogen-bond acceptors (Lipinski definition) is 5. The first-order chi connectivity index (χ1) is 9.49. The smallest absolute Gasteiger partial charge is 0.342 e. The molecular formula is C13H11N3O4. The summed E-state index contributed by atoms with van der Waals surface area (Å²) in [6, 6.07) is 5.85. The van der Waals surface area contributed by atoms with E-state index in [-0.39, 0.29) is 11.3 Å². The third kappa shape index (κ3) is 2.72. The van der Waals surface area contributed by atoms with Crippen molar-refractivity contribution in [3.63, 3.8) is 0 Å². The SMILES string of the molecule is Cc1cncc(Nc2cccc(C(=O)O)c2[N+](=O)[O-])c1.